The fourth-order valence-corrected chi connectivity index (χ4v) is 5.34. The van der Waals surface area contributed by atoms with E-state index in [1.165, 1.54) is 22.4 Å². The number of nitrogens with one attached hydrogen (secondary N) is 1. The Bertz CT molecular complexity index is 911. The van der Waals surface area contributed by atoms with Gasteiger partial charge in [-0.25, -0.2) is 13.4 Å². The van der Waals surface area contributed by atoms with E-state index in [9.17, 15) is 8.42 Å². The quantitative estimate of drug-likeness (QED) is 0.880. The number of nitrogens with zero attached hydrogens (tertiary/aromatic N) is 3. The molecular formula is C18H24N4O3S. The summed E-state index contributed by atoms with van der Waals surface area (Å²) in [5.41, 5.74) is 1.88. The van der Waals surface area contributed by atoms with Crippen LogP contribution < -0.4 is 5.32 Å². The molecule has 0 bridgehead atoms. The van der Waals surface area contributed by atoms with Crippen LogP contribution in [0.1, 0.15) is 18.4 Å². The van der Waals surface area contributed by atoms with Gasteiger partial charge in [0.1, 0.15) is 0 Å². The van der Waals surface area contributed by atoms with Crippen LogP contribution in [-0.4, -0.2) is 53.6 Å². The van der Waals surface area contributed by atoms with E-state index in [0.717, 1.165) is 12.1 Å². The molecule has 7 nitrogen and oxygen atoms in total. The van der Waals surface area contributed by atoms with Crippen molar-refractivity contribution in [3.05, 3.63) is 42.4 Å². The van der Waals surface area contributed by atoms with Crippen molar-refractivity contribution in [3.8, 4) is 0 Å². The highest BCUT2D eigenvalue weighted by molar-refractivity contribution is 7.89. The Labute approximate surface area is 154 Å². The summed E-state index contributed by atoms with van der Waals surface area (Å²) < 4.78 is 34.8. The molecule has 2 saturated heterocycles. The van der Waals surface area contributed by atoms with E-state index < -0.39 is 15.6 Å². The SMILES string of the molecule is Cc1cccc(NC2COC3(CCN(S(=O)(=O)c4cn(C)cn4)C3)C2)c1. The molecule has 140 valence electrons. The van der Waals surface area contributed by atoms with E-state index in [0.29, 0.717) is 26.1 Å². The van der Waals surface area contributed by atoms with Crippen LogP contribution >= 0.6 is 0 Å². The largest absolute Gasteiger partial charge is 0.380 e. The van der Waals surface area contributed by atoms with Crippen molar-refractivity contribution in [2.24, 2.45) is 7.05 Å². The zero-order chi connectivity index (χ0) is 18.4. The molecule has 1 aromatic heterocycles. The number of imidazole rings is 1. The number of rotatable bonds is 4. The van der Waals surface area contributed by atoms with Crippen LogP contribution in [0.4, 0.5) is 5.69 Å². The van der Waals surface area contributed by atoms with E-state index in [-0.39, 0.29) is 11.1 Å². The second kappa shape index (κ2) is 6.37. The van der Waals surface area contributed by atoms with Crippen molar-refractivity contribution in [2.45, 2.75) is 36.4 Å². The van der Waals surface area contributed by atoms with Gasteiger partial charge in [0.25, 0.3) is 10.0 Å². The maximum atomic E-state index is 12.8. The monoisotopic (exact) mass is 376 g/mol. The lowest BCUT2D eigenvalue weighted by Crippen LogP contribution is -2.36. The number of hydrogen-bond donors (Lipinski definition) is 1. The summed E-state index contributed by atoms with van der Waals surface area (Å²) in [6.07, 6.45) is 4.56. The fraction of sp³-hybridized carbons (Fsp3) is 0.500. The second-order valence-electron chi connectivity index (χ2n) is 7.37. The molecule has 0 radical (unpaired) electrons. The van der Waals surface area contributed by atoms with Gasteiger partial charge in [-0.15, -0.1) is 0 Å². The molecule has 2 unspecified atom stereocenters. The van der Waals surface area contributed by atoms with Crippen molar-refractivity contribution in [1.29, 1.82) is 0 Å². The summed E-state index contributed by atoms with van der Waals surface area (Å²) in [5, 5.41) is 3.61. The van der Waals surface area contributed by atoms with Crippen LogP contribution in [-0.2, 0) is 21.8 Å². The maximum absolute atomic E-state index is 12.8. The zero-order valence-electron chi connectivity index (χ0n) is 15.1. The van der Waals surface area contributed by atoms with Crippen LogP contribution in [0.5, 0.6) is 0 Å². The van der Waals surface area contributed by atoms with Gasteiger partial charge in [0.2, 0.25) is 0 Å². The summed E-state index contributed by atoms with van der Waals surface area (Å²) >= 11 is 0. The van der Waals surface area contributed by atoms with Crippen molar-refractivity contribution >= 4 is 15.7 Å². The summed E-state index contributed by atoms with van der Waals surface area (Å²) in [6, 6.07) is 8.44. The Hall–Kier alpha value is -1.90. The second-order valence-corrected chi connectivity index (χ2v) is 9.26. The first-order valence-corrected chi connectivity index (χ1v) is 10.3. The fourth-order valence-electron chi connectivity index (χ4n) is 3.86. The van der Waals surface area contributed by atoms with Crippen molar-refractivity contribution in [3.63, 3.8) is 0 Å². The maximum Gasteiger partial charge on any atom is 0.262 e. The van der Waals surface area contributed by atoms with E-state index in [1.807, 2.05) is 12.1 Å². The highest BCUT2D eigenvalue weighted by Crippen LogP contribution is 2.38. The van der Waals surface area contributed by atoms with E-state index in [1.54, 1.807) is 11.6 Å². The van der Waals surface area contributed by atoms with E-state index in [2.05, 4.69) is 29.4 Å². The Kier molecular flexibility index (Phi) is 4.29. The molecular weight excluding hydrogens is 352 g/mol. The average Bonchev–Trinajstić information content (AvgIpc) is 3.30. The van der Waals surface area contributed by atoms with Crippen molar-refractivity contribution in [1.82, 2.24) is 13.9 Å². The number of ether oxygens (including phenoxy) is 1. The molecule has 2 aliphatic rings. The first-order chi connectivity index (χ1) is 12.4. The number of benzene rings is 1. The van der Waals surface area contributed by atoms with Gasteiger partial charge in [0.15, 0.2) is 5.03 Å². The minimum absolute atomic E-state index is 0.101. The van der Waals surface area contributed by atoms with Crippen LogP contribution in [0.2, 0.25) is 0 Å². The first kappa shape index (κ1) is 17.5. The van der Waals surface area contributed by atoms with Gasteiger partial charge in [0.05, 0.1) is 24.6 Å². The molecule has 1 aromatic carbocycles. The third-order valence-electron chi connectivity index (χ3n) is 5.16. The molecule has 2 fully saturated rings. The first-order valence-electron chi connectivity index (χ1n) is 8.82. The summed E-state index contributed by atoms with van der Waals surface area (Å²) in [7, 11) is -1.80. The predicted octanol–water partition coefficient (Wildman–Crippen LogP) is 1.76. The minimum Gasteiger partial charge on any atom is -0.380 e. The van der Waals surface area contributed by atoms with Gasteiger partial charge in [-0.1, -0.05) is 12.1 Å². The summed E-state index contributed by atoms with van der Waals surface area (Å²) in [4.78, 5) is 4.01. The van der Waals surface area contributed by atoms with Crippen LogP contribution in [0.25, 0.3) is 0 Å². The minimum atomic E-state index is -3.56. The molecule has 1 spiro atoms. The normalized spacial score (nSPS) is 26.6. The molecule has 2 atom stereocenters. The number of sulfonamides is 1. The Morgan fingerprint density at radius 2 is 2.23 bits per heavy atom. The lowest BCUT2D eigenvalue weighted by atomic mass is 9.97. The molecule has 2 aromatic rings. The number of anilines is 1. The van der Waals surface area contributed by atoms with Crippen LogP contribution in [0.3, 0.4) is 0 Å². The van der Waals surface area contributed by atoms with E-state index >= 15 is 0 Å². The highest BCUT2D eigenvalue weighted by Gasteiger charge is 2.49. The molecule has 1 N–H and O–H groups in total. The number of aromatic nitrogens is 2. The average molecular weight is 376 g/mol. The third kappa shape index (κ3) is 3.24. The summed E-state index contributed by atoms with van der Waals surface area (Å²) in [5.74, 6) is 0. The van der Waals surface area contributed by atoms with Gasteiger partial charge in [-0.05, 0) is 31.0 Å². The Balaban J connectivity index is 1.43. The lowest BCUT2D eigenvalue weighted by molar-refractivity contribution is 0.0173. The summed E-state index contributed by atoms with van der Waals surface area (Å²) in [6.45, 7) is 3.51. The zero-order valence-corrected chi connectivity index (χ0v) is 15.9. The van der Waals surface area contributed by atoms with Gasteiger partial charge in [-0.2, -0.15) is 4.31 Å². The number of aryl methyl sites for hydroxylation is 2. The third-order valence-corrected chi connectivity index (χ3v) is 6.90. The molecule has 3 heterocycles. The molecule has 2 aliphatic heterocycles. The topological polar surface area (TPSA) is 76.5 Å². The van der Waals surface area contributed by atoms with Gasteiger partial charge < -0.3 is 14.6 Å². The van der Waals surface area contributed by atoms with Gasteiger partial charge >= 0.3 is 0 Å². The molecule has 0 saturated carbocycles. The van der Waals surface area contributed by atoms with Crippen LogP contribution in [0, 0.1) is 6.92 Å². The molecule has 26 heavy (non-hydrogen) atoms. The van der Waals surface area contributed by atoms with Crippen LogP contribution in [0.15, 0.2) is 41.8 Å². The smallest absolute Gasteiger partial charge is 0.262 e. The van der Waals surface area contributed by atoms with Crippen molar-refractivity contribution < 1.29 is 13.2 Å². The van der Waals surface area contributed by atoms with Crippen molar-refractivity contribution in [2.75, 3.05) is 25.0 Å². The molecule has 0 amide bonds. The Morgan fingerprint density at radius 1 is 1.38 bits per heavy atom. The Morgan fingerprint density at radius 3 is 2.96 bits per heavy atom. The van der Waals surface area contributed by atoms with Gasteiger partial charge in [-0.3, -0.25) is 0 Å². The lowest BCUT2D eigenvalue weighted by Gasteiger charge is -2.23. The standard InChI is InChI=1S/C18H24N4O3S/c1-14-4-3-5-15(8-14)20-16-9-18(25-11-16)6-7-22(12-18)26(23,24)17-10-21(2)13-19-17/h3-5,8,10,13,16,20H,6-7,9,11-12H2,1-2H3. The van der Waals surface area contributed by atoms with E-state index in [4.69, 9.17) is 4.74 Å². The predicted molar refractivity (Wildman–Crippen MR) is 98.5 cm³/mol. The molecule has 8 heteroatoms. The number of hydrogen-bond acceptors (Lipinski definition) is 5. The molecule has 4 rings (SSSR count). The molecule has 0 aliphatic carbocycles. The highest BCUT2D eigenvalue weighted by atomic mass is 32.2. The van der Waals surface area contributed by atoms with Gasteiger partial charge in [0, 0.05) is 38.4 Å².